The topological polar surface area (TPSA) is 45.4 Å². The summed E-state index contributed by atoms with van der Waals surface area (Å²) in [7, 11) is 0. The molecular formula is C12H19ClN4. The number of aromatic nitrogens is 1. The van der Waals surface area contributed by atoms with Crippen LogP contribution in [0.15, 0.2) is 18.3 Å². The zero-order valence-corrected chi connectivity index (χ0v) is 10.7. The summed E-state index contributed by atoms with van der Waals surface area (Å²) in [6.45, 7) is 5.97. The molecule has 2 rings (SSSR count). The van der Waals surface area contributed by atoms with Gasteiger partial charge in [-0.3, -0.25) is 0 Å². The monoisotopic (exact) mass is 254 g/mol. The third-order valence-corrected chi connectivity index (χ3v) is 3.29. The molecule has 0 aliphatic carbocycles. The van der Waals surface area contributed by atoms with Gasteiger partial charge in [0.2, 0.25) is 0 Å². The van der Waals surface area contributed by atoms with Gasteiger partial charge in [0, 0.05) is 38.9 Å². The number of halogens is 1. The standard InChI is InChI=1S/C12H19ClN4/c13-11-2-3-12(15-10-11)17-6-1-5-16(7-4-14)8-9-17/h2-3,10H,1,4-9,14H2. The number of hydrogen-bond acceptors (Lipinski definition) is 4. The molecule has 1 aliphatic heterocycles. The third kappa shape index (κ3) is 3.56. The lowest BCUT2D eigenvalue weighted by Gasteiger charge is -2.22. The maximum atomic E-state index is 5.84. The van der Waals surface area contributed by atoms with Crippen molar-refractivity contribution in [2.45, 2.75) is 6.42 Å². The smallest absolute Gasteiger partial charge is 0.128 e. The van der Waals surface area contributed by atoms with E-state index in [2.05, 4.69) is 14.8 Å². The normalized spacial score (nSPS) is 18.1. The molecule has 1 saturated heterocycles. The minimum atomic E-state index is 0.688. The number of rotatable bonds is 3. The summed E-state index contributed by atoms with van der Waals surface area (Å²) in [6, 6.07) is 3.88. The average molecular weight is 255 g/mol. The van der Waals surface area contributed by atoms with Crippen LogP contribution in [0.3, 0.4) is 0 Å². The lowest BCUT2D eigenvalue weighted by Crippen LogP contribution is -2.34. The van der Waals surface area contributed by atoms with E-state index in [0.717, 1.165) is 51.5 Å². The number of pyridine rings is 1. The highest BCUT2D eigenvalue weighted by Crippen LogP contribution is 2.16. The van der Waals surface area contributed by atoms with Gasteiger partial charge in [-0.15, -0.1) is 0 Å². The first kappa shape index (κ1) is 12.6. The fraction of sp³-hybridized carbons (Fsp3) is 0.583. The van der Waals surface area contributed by atoms with Gasteiger partial charge in [0.05, 0.1) is 5.02 Å². The Kier molecular flexibility index (Phi) is 4.59. The zero-order chi connectivity index (χ0) is 12.1. The Morgan fingerprint density at radius 1 is 1.24 bits per heavy atom. The summed E-state index contributed by atoms with van der Waals surface area (Å²) in [6.07, 6.45) is 2.86. The maximum absolute atomic E-state index is 5.84. The summed E-state index contributed by atoms with van der Waals surface area (Å²) in [4.78, 5) is 9.09. The lowest BCUT2D eigenvalue weighted by molar-refractivity contribution is 0.302. The molecule has 4 nitrogen and oxygen atoms in total. The lowest BCUT2D eigenvalue weighted by atomic mass is 10.3. The highest BCUT2D eigenvalue weighted by Gasteiger charge is 2.15. The molecule has 1 aromatic heterocycles. The average Bonchev–Trinajstić information content (AvgIpc) is 2.56. The Morgan fingerprint density at radius 3 is 2.82 bits per heavy atom. The van der Waals surface area contributed by atoms with Crippen molar-refractivity contribution < 1.29 is 0 Å². The van der Waals surface area contributed by atoms with Crippen molar-refractivity contribution in [3.63, 3.8) is 0 Å². The molecule has 1 aromatic rings. The van der Waals surface area contributed by atoms with Crippen LogP contribution in [-0.4, -0.2) is 49.2 Å². The second-order valence-corrected chi connectivity index (χ2v) is 4.74. The molecule has 1 aliphatic rings. The van der Waals surface area contributed by atoms with Crippen molar-refractivity contribution in [1.29, 1.82) is 0 Å². The Balaban J connectivity index is 1.96. The fourth-order valence-electron chi connectivity index (χ4n) is 2.16. The Bertz CT molecular complexity index is 341. The van der Waals surface area contributed by atoms with Gasteiger partial charge < -0.3 is 15.5 Å². The van der Waals surface area contributed by atoms with Gasteiger partial charge in [0.1, 0.15) is 5.82 Å². The molecule has 0 radical (unpaired) electrons. The van der Waals surface area contributed by atoms with E-state index >= 15 is 0 Å². The van der Waals surface area contributed by atoms with E-state index in [9.17, 15) is 0 Å². The molecule has 0 aromatic carbocycles. The van der Waals surface area contributed by atoms with Crippen molar-refractivity contribution >= 4 is 17.4 Å². The summed E-state index contributed by atoms with van der Waals surface area (Å²) >= 11 is 5.84. The van der Waals surface area contributed by atoms with Crippen molar-refractivity contribution in [2.75, 3.05) is 44.2 Å². The van der Waals surface area contributed by atoms with Gasteiger partial charge in [-0.05, 0) is 25.1 Å². The molecule has 17 heavy (non-hydrogen) atoms. The van der Waals surface area contributed by atoms with Crippen LogP contribution in [-0.2, 0) is 0 Å². The van der Waals surface area contributed by atoms with Crippen LogP contribution in [0.2, 0.25) is 5.02 Å². The Hall–Kier alpha value is -0.840. The van der Waals surface area contributed by atoms with Crippen molar-refractivity contribution in [2.24, 2.45) is 5.73 Å². The maximum Gasteiger partial charge on any atom is 0.128 e. The predicted molar refractivity (Wildman–Crippen MR) is 71.6 cm³/mol. The highest BCUT2D eigenvalue weighted by molar-refractivity contribution is 6.30. The molecule has 2 N–H and O–H groups in total. The van der Waals surface area contributed by atoms with Gasteiger partial charge >= 0.3 is 0 Å². The van der Waals surface area contributed by atoms with Crippen molar-refractivity contribution in [1.82, 2.24) is 9.88 Å². The SMILES string of the molecule is NCCN1CCCN(c2ccc(Cl)cn2)CC1. The van der Waals surface area contributed by atoms with Gasteiger partial charge in [0.25, 0.3) is 0 Å². The molecule has 0 spiro atoms. The molecule has 0 atom stereocenters. The Labute approximate surface area is 107 Å². The van der Waals surface area contributed by atoms with E-state index in [0.29, 0.717) is 5.02 Å². The van der Waals surface area contributed by atoms with Crippen LogP contribution >= 0.6 is 11.6 Å². The van der Waals surface area contributed by atoms with Gasteiger partial charge in [-0.25, -0.2) is 4.98 Å². The molecule has 0 unspecified atom stereocenters. The quantitative estimate of drug-likeness (QED) is 0.881. The molecule has 94 valence electrons. The van der Waals surface area contributed by atoms with E-state index in [1.54, 1.807) is 6.20 Å². The first-order valence-corrected chi connectivity index (χ1v) is 6.46. The summed E-state index contributed by atoms with van der Waals surface area (Å²) in [5, 5.41) is 0.688. The van der Waals surface area contributed by atoms with Crippen LogP contribution in [0.1, 0.15) is 6.42 Å². The summed E-state index contributed by atoms with van der Waals surface area (Å²) < 4.78 is 0. The number of anilines is 1. The molecule has 0 bridgehead atoms. The molecular weight excluding hydrogens is 236 g/mol. The molecule has 0 saturated carbocycles. The van der Waals surface area contributed by atoms with Crippen molar-refractivity contribution in [3.05, 3.63) is 23.4 Å². The van der Waals surface area contributed by atoms with Crippen LogP contribution < -0.4 is 10.6 Å². The predicted octanol–water partition coefficient (Wildman–Crippen LogP) is 1.21. The van der Waals surface area contributed by atoms with Gasteiger partial charge in [-0.2, -0.15) is 0 Å². The van der Waals surface area contributed by atoms with Crippen LogP contribution in [0, 0.1) is 0 Å². The largest absolute Gasteiger partial charge is 0.355 e. The van der Waals surface area contributed by atoms with E-state index in [4.69, 9.17) is 17.3 Å². The highest BCUT2D eigenvalue weighted by atomic mass is 35.5. The van der Waals surface area contributed by atoms with Crippen LogP contribution in [0.25, 0.3) is 0 Å². The fourth-order valence-corrected chi connectivity index (χ4v) is 2.27. The first-order valence-electron chi connectivity index (χ1n) is 6.08. The van der Waals surface area contributed by atoms with Gasteiger partial charge in [0.15, 0.2) is 0 Å². The van der Waals surface area contributed by atoms with E-state index in [1.165, 1.54) is 0 Å². The zero-order valence-electron chi connectivity index (χ0n) is 9.98. The molecule has 0 amide bonds. The first-order chi connectivity index (χ1) is 8.29. The van der Waals surface area contributed by atoms with E-state index in [1.807, 2.05) is 12.1 Å². The molecule has 1 fully saturated rings. The second kappa shape index (κ2) is 6.19. The number of nitrogens with zero attached hydrogens (tertiary/aromatic N) is 3. The van der Waals surface area contributed by atoms with Crippen LogP contribution in [0.4, 0.5) is 5.82 Å². The Morgan fingerprint density at radius 2 is 2.12 bits per heavy atom. The number of hydrogen-bond donors (Lipinski definition) is 1. The minimum Gasteiger partial charge on any atom is -0.355 e. The van der Waals surface area contributed by atoms with Crippen molar-refractivity contribution in [3.8, 4) is 0 Å². The molecule has 5 heteroatoms. The summed E-state index contributed by atoms with van der Waals surface area (Å²) in [5.74, 6) is 1.02. The number of nitrogens with two attached hydrogens (primary N) is 1. The van der Waals surface area contributed by atoms with E-state index in [-0.39, 0.29) is 0 Å². The second-order valence-electron chi connectivity index (χ2n) is 4.31. The van der Waals surface area contributed by atoms with Crippen LogP contribution in [0.5, 0.6) is 0 Å². The third-order valence-electron chi connectivity index (χ3n) is 3.07. The summed E-state index contributed by atoms with van der Waals surface area (Å²) in [5.41, 5.74) is 5.59. The van der Waals surface area contributed by atoms with E-state index < -0.39 is 0 Å². The molecule has 2 heterocycles. The minimum absolute atomic E-state index is 0.688. The van der Waals surface area contributed by atoms with Gasteiger partial charge in [-0.1, -0.05) is 11.6 Å².